The van der Waals surface area contributed by atoms with Gasteiger partial charge in [-0.15, -0.1) is 0 Å². The van der Waals surface area contributed by atoms with Crippen molar-refractivity contribution in [1.29, 1.82) is 0 Å². The van der Waals surface area contributed by atoms with Gasteiger partial charge in [0, 0.05) is 12.2 Å². The molecule has 1 unspecified atom stereocenters. The molecule has 3 nitrogen and oxygen atoms in total. The molecular formula is C12H15N3. The van der Waals surface area contributed by atoms with Crippen molar-refractivity contribution in [2.24, 2.45) is 5.73 Å². The zero-order valence-electron chi connectivity index (χ0n) is 8.80. The third-order valence-electron chi connectivity index (χ3n) is 2.21. The highest BCUT2D eigenvalue weighted by Crippen LogP contribution is 2.08. The number of rotatable bonds is 3. The minimum absolute atomic E-state index is 0.179. The largest absolute Gasteiger partial charge is 0.328 e. The Labute approximate surface area is 89.5 Å². The number of hydrogen-bond acceptors (Lipinski definition) is 2. The van der Waals surface area contributed by atoms with Crippen molar-refractivity contribution in [3.05, 3.63) is 48.3 Å². The predicted octanol–water partition coefficient (Wildman–Crippen LogP) is 1.76. The van der Waals surface area contributed by atoms with E-state index in [1.54, 1.807) is 0 Å². The molecule has 0 aliphatic heterocycles. The van der Waals surface area contributed by atoms with Crippen LogP contribution in [0.1, 0.15) is 12.5 Å². The average molecular weight is 201 g/mol. The molecule has 0 aliphatic carbocycles. The van der Waals surface area contributed by atoms with Crippen molar-refractivity contribution < 1.29 is 0 Å². The van der Waals surface area contributed by atoms with Gasteiger partial charge in [0.15, 0.2) is 0 Å². The molecule has 0 fully saturated rings. The summed E-state index contributed by atoms with van der Waals surface area (Å²) in [6, 6.07) is 10.2. The van der Waals surface area contributed by atoms with Crippen molar-refractivity contribution in [2.45, 2.75) is 19.4 Å². The standard InChI is InChI=1S/C12H15N3/c1-10(13)7-11-8-14-15(9-11)12-5-3-2-4-6-12/h2-6,8-10H,7,13H2,1H3. The Morgan fingerprint density at radius 3 is 2.73 bits per heavy atom. The van der Waals surface area contributed by atoms with Crippen LogP contribution in [-0.2, 0) is 6.42 Å². The molecule has 1 atom stereocenters. The van der Waals surface area contributed by atoms with Gasteiger partial charge in [0.05, 0.1) is 11.9 Å². The van der Waals surface area contributed by atoms with Crippen molar-refractivity contribution >= 4 is 0 Å². The molecule has 0 saturated carbocycles. The van der Waals surface area contributed by atoms with Crippen LogP contribution in [0.4, 0.5) is 0 Å². The summed E-state index contributed by atoms with van der Waals surface area (Å²) in [5, 5.41) is 4.30. The Hall–Kier alpha value is -1.61. The third kappa shape index (κ3) is 2.44. The van der Waals surface area contributed by atoms with Crippen LogP contribution < -0.4 is 5.73 Å². The maximum absolute atomic E-state index is 5.74. The summed E-state index contributed by atoms with van der Waals surface area (Å²) >= 11 is 0. The molecule has 2 rings (SSSR count). The Morgan fingerprint density at radius 2 is 2.07 bits per heavy atom. The van der Waals surface area contributed by atoms with Crippen LogP contribution >= 0.6 is 0 Å². The molecule has 2 aromatic rings. The maximum Gasteiger partial charge on any atom is 0.0645 e. The first-order valence-electron chi connectivity index (χ1n) is 5.10. The molecule has 0 saturated heterocycles. The normalized spacial score (nSPS) is 12.7. The van der Waals surface area contributed by atoms with Crippen LogP contribution in [0.2, 0.25) is 0 Å². The lowest BCUT2D eigenvalue weighted by molar-refractivity contribution is 0.738. The zero-order chi connectivity index (χ0) is 10.7. The van der Waals surface area contributed by atoms with Crippen molar-refractivity contribution in [3.63, 3.8) is 0 Å². The van der Waals surface area contributed by atoms with E-state index in [4.69, 9.17) is 5.73 Å². The highest BCUT2D eigenvalue weighted by molar-refractivity contribution is 5.30. The Kier molecular flexibility index (Phi) is 2.83. The van der Waals surface area contributed by atoms with E-state index in [2.05, 4.69) is 5.10 Å². The monoisotopic (exact) mass is 201 g/mol. The van der Waals surface area contributed by atoms with Gasteiger partial charge < -0.3 is 5.73 Å². The maximum atomic E-state index is 5.74. The Bertz CT molecular complexity index is 417. The molecule has 0 aliphatic rings. The molecule has 78 valence electrons. The summed E-state index contributed by atoms with van der Waals surface area (Å²) < 4.78 is 1.87. The molecule has 1 aromatic heterocycles. The van der Waals surface area contributed by atoms with E-state index in [-0.39, 0.29) is 6.04 Å². The van der Waals surface area contributed by atoms with Gasteiger partial charge in [-0.1, -0.05) is 18.2 Å². The molecule has 0 radical (unpaired) electrons. The van der Waals surface area contributed by atoms with E-state index in [0.717, 1.165) is 12.1 Å². The van der Waals surface area contributed by atoms with E-state index in [0.29, 0.717) is 0 Å². The quantitative estimate of drug-likeness (QED) is 0.822. The number of aromatic nitrogens is 2. The zero-order valence-corrected chi connectivity index (χ0v) is 8.80. The number of nitrogens with two attached hydrogens (primary N) is 1. The molecule has 1 heterocycles. The van der Waals surface area contributed by atoms with E-state index in [9.17, 15) is 0 Å². The number of benzene rings is 1. The van der Waals surface area contributed by atoms with E-state index < -0.39 is 0 Å². The van der Waals surface area contributed by atoms with Gasteiger partial charge in [0.1, 0.15) is 0 Å². The SMILES string of the molecule is CC(N)Cc1cnn(-c2ccccc2)c1. The first-order chi connectivity index (χ1) is 7.25. The lowest BCUT2D eigenvalue weighted by atomic mass is 10.1. The van der Waals surface area contributed by atoms with Crippen LogP contribution in [-0.4, -0.2) is 15.8 Å². The lowest BCUT2D eigenvalue weighted by Gasteiger charge is -2.01. The van der Waals surface area contributed by atoms with Crippen LogP contribution in [0.25, 0.3) is 5.69 Å². The summed E-state index contributed by atoms with van der Waals surface area (Å²) in [6.07, 6.45) is 4.77. The second kappa shape index (κ2) is 4.28. The fourth-order valence-electron chi connectivity index (χ4n) is 1.56. The summed E-state index contributed by atoms with van der Waals surface area (Å²) in [7, 11) is 0. The summed E-state index contributed by atoms with van der Waals surface area (Å²) in [6.45, 7) is 2.00. The second-order valence-corrected chi connectivity index (χ2v) is 3.81. The fraction of sp³-hybridized carbons (Fsp3) is 0.250. The lowest BCUT2D eigenvalue weighted by Crippen LogP contribution is -2.17. The van der Waals surface area contributed by atoms with Crippen molar-refractivity contribution in [1.82, 2.24) is 9.78 Å². The minimum atomic E-state index is 0.179. The molecule has 0 amide bonds. The van der Waals surface area contributed by atoms with Crippen molar-refractivity contribution in [3.8, 4) is 5.69 Å². The van der Waals surface area contributed by atoms with Crippen LogP contribution in [0.5, 0.6) is 0 Å². The second-order valence-electron chi connectivity index (χ2n) is 3.81. The van der Waals surface area contributed by atoms with E-state index in [1.807, 2.05) is 54.3 Å². The molecule has 2 N–H and O–H groups in total. The molecule has 0 spiro atoms. The van der Waals surface area contributed by atoms with Gasteiger partial charge in [-0.25, -0.2) is 4.68 Å². The van der Waals surface area contributed by atoms with Crippen LogP contribution in [0, 0.1) is 0 Å². The molecule has 0 bridgehead atoms. The first kappa shape index (κ1) is 9.93. The number of hydrogen-bond donors (Lipinski definition) is 1. The number of para-hydroxylation sites is 1. The third-order valence-corrected chi connectivity index (χ3v) is 2.21. The predicted molar refractivity (Wildman–Crippen MR) is 60.9 cm³/mol. The minimum Gasteiger partial charge on any atom is -0.328 e. The topological polar surface area (TPSA) is 43.8 Å². The highest BCUT2D eigenvalue weighted by Gasteiger charge is 2.02. The van der Waals surface area contributed by atoms with E-state index in [1.165, 1.54) is 5.56 Å². The smallest absolute Gasteiger partial charge is 0.0645 e. The summed E-state index contributed by atoms with van der Waals surface area (Å²) in [4.78, 5) is 0. The number of nitrogens with zero attached hydrogens (tertiary/aromatic N) is 2. The first-order valence-corrected chi connectivity index (χ1v) is 5.10. The molecular weight excluding hydrogens is 186 g/mol. The molecule has 1 aromatic carbocycles. The summed E-state index contributed by atoms with van der Waals surface area (Å²) in [5.41, 5.74) is 7.99. The molecule has 3 heteroatoms. The van der Waals surface area contributed by atoms with Gasteiger partial charge >= 0.3 is 0 Å². The summed E-state index contributed by atoms with van der Waals surface area (Å²) in [5.74, 6) is 0. The Balaban J connectivity index is 2.21. The fourth-order valence-corrected chi connectivity index (χ4v) is 1.56. The van der Waals surface area contributed by atoms with Gasteiger partial charge in [0.25, 0.3) is 0 Å². The van der Waals surface area contributed by atoms with Crippen LogP contribution in [0.15, 0.2) is 42.7 Å². The van der Waals surface area contributed by atoms with Gasteiger partial charge in [-0.05, 0) is 31.0 Å². The molecule has 15 heavy (non-hydrogen) atoms. The average Bonchev–Trinajstić information content (AvgIpc) is 2.67. The van der Waals surface area contributed by atoms with Crippen LogP contribution in [0.3, 0.4) is 0 Å². The Morgan fingerprint density at radius 1 is 1.33 bits per heavy atom. The van der Waals surface area contributed by atoms with Gasteiger partial charge in [0.2, 0.25) is 0 Å². The van der Waals surface area contributed by atoms with Gasteiger partial charge in [-0.2, -0.15) is 5.10 Å². The highest BCUT2D eigenvalue weighted by atomic mass is 15.3. The van der Waals surface area contributed by atoms with E-state index >= 15 is 0 Å². The van der Waals surface area contributed by atoms with Crippen molar-refractivity contribution in [2.75, 3.05) is 0 Å². The van der Waals surface area contributed by atoms with Gasteiger partial charge in [-0.3, -0.25) is 0 Å².